The third-order valence-electron chi connectivity index (χ3n) is 2.60. The van der Waals surface area contributed by atoms with Gasteiger partial charge in [0.05, 0.1) is 31.9 Å². The lowest BCUT2D eigenvalue weighted by molar-refractivity contribution is -0.135. The number of nitrogens with zero attached hydrogens (tertiary/aromatic N) is 2. The average molecular weight is 305 g/mol. The van der Waals surface area contributed by atoms with Crippen molar-refractivity contribution in [2.45, 2.75) is 12.7 Å². The van der Waals surface area contributed by atoms with E-state index in [1.165, 1.54) is 12.0 Å². The molecule has 1 rings (SSSR count). The van der Waals surface area contributed by atoms with Gasteiger partial charge in [-0.05, 0) is 12.1 Å². The zero-order chi connectivity index (χ0) is 15.7. The van der Waals surface area contributed by atoms with Crippen LogP contribution in [-0.4, -0.2) is 55.3 Å². The molecule has 1 N–H and O–H groups in total. The van der Waals surface area contributed by atoms with E-state index in [4.69, 9.17) is 4.74 Å². The highest BCUT2D eigenvalue weighted by Crippen LogP contribution is 2.12. The topological polar surface area (TPSA) is 54.5 Å². The number of nitrogens with one attached hydrogen (secondary N) is 1. The first kappa shape index (κ1) is 17.4. The standard InChI is InChI=1S/C13H18F3N3O2/c1-21-7-6-19(9-11-4-2-3-5-18-11)12(20)8-17-10-13(14,15)16/h2-5,17H,6-10H2,1H3. The lowest BCUT2D eigenvalue weighted by Gasteiger charge is -2.22. The van der Waals surface area contributed by atoms with Gasteiger partial charge in [0.25, 0.3) is 0 Å². The molecule has 1 heterocycles. The van der Waals surface area contributed by atoms with E-state index in [0.717, 1.165) is 0 Å². The number of halogens is 3. The Morgan fingerprint density at radius 2 is 2.19 bits per heavy atom. The number of carbonyl (C=O) groups excluding carboxylic acids is 1. The molecular weight excluding hydrogens is 287 g/mol. The van der Waals surface area contributed by atoms with Crippen LogP contribution in [0.3, 0.4) is 0 Å². The summed E-state index contributed by atoms with van der Waals surface area (Å²) < 4.78 is 41.0. The SMILES string of the molecule is COCCN(Cc1ccccn1)C(=O)CNCC(F)(F)F. The van der Waals surface area contributed by atoms with Gasteiger partial charge in [0.2, 0.25) is 5.91 Å². The van der Waals surface area contributed by atoms with Crippen LogP contribution in [0.15, 0.2) is 24.4 Å². The lowest BCUT2D eigenvalue weighted by Crippen LogP contribution is -2.42. The van der Waals surface area contributed by atoms with E-state index >= 15 is 0 Å². The molecule has 0 atom stereocenters. The summed E-state index contributed by atoms with van der Waals surface area (Å²) in [5.74, 6) is -0.429. The lowest BCUT2D eigenvalue weighted by atomic mass is 10.3. The van der Waals surface area contributed by atoms with Crippen LogP contribution in [0.5, 0.6) is 0 Å². The fourth-order valence-corrected chi connectivity index (χ4v) is 1.60. The van der Waals surface area contributed by atoms with Crippen LogP contribution in [0.4, 0.5) is 13.2 Å². The smallest absolute Gasteiger partial charge is 0.383 e. The summed E-state index contributed by atoms with van der Waals surface area (Å²) in [6, 6.07) is 5.27. The van der Waals surface area contributed by atoms with E-state index < -0.39 is 18.6 Å². The highest BCUT2D eigenvalue weighted by molar-refractivity contribution is 5.78. The van der Waals surface area contributed by atoms with Gasteiger partial charge in [0.1, 0.15) is 0 Å². The number of rotatable bonds is 8. The number of aromatic nitrogens is 1. The molecule has 0 aliphatic carbocycles. The Kier molecular flexibility index (Phi) is 7.10. The molecule has 21 heavy (non-hydrogen) atoms. The molecule has 8 heteroatoms. The predicted octanol–water partition coefficient (Wildman–Crippen LogP) is 1.21. The molecular formula is C13H18F3N3O2. The number of pyridine rings is 1. The minimum absolute atomic E-state index is 0.233. The molecule has 0 radical (unpaired) electrons. The minimum Gasteiger partial charge on any atom is -0.383 e. The first-order chi connectivity index (χ1) is 9.92. The van der Waals surface area contributed by atoms with E-state index in [2.05, 4.69) is 10.3 Å². The van der Waals surface area contributed by atoms with E-state index in [-0.39, 0.29) is 13.1 Å². The molecule has 0 saturated carbocycles. The maximum atomic E-state index is 12.0. The monoisotopic (exact) mass is 305 g/mol. The molecule has 0 spiro atoms. The summed E-state index contributed by atoms with van der Waals surface area (Å²) in [6.07, 6.45) is -2.74. The molecule has 1 amide bonds. The number of carbonyl (C=O) groups is 1. The molecule has 0 fully saturated rings. The van der Waals surface area contributed by atoms with Crippen molar-refractivity contribution < 1.29 is 22.7 Å². The molecule has 0 unspecified atom stereocenters. The summed E-state index contributed by atoms with van der Waals surface area (Å²) in [7, 11) is 1.49. The highest BCUT2D eigenvalue weighted by Gasteiger charge is 2.27. The third-order valence-corrected chi connectivity index (χ3v) is 2.60. The van der Waals surface area contributed by atoms with Crippen LogP contribution in [-0.2, 0) is 16.1 Å². The van der Waals surface area contributed by atoms with Crippen molar-refractivity contribution in [3.8, 4) is 0 Å². The van der Waals surface area contributed by atoms with E-state index in [1.807, 2.05) is 0 Å². The van der Waals surface area contributed by atoms with Crippen molar-refractivity contribution in [3.63, 3.8) is 0 Å². The molecule has 1 aromatic heterocycles. The van der Waals surface area contributed by atoms with Crippen molar-refractivity contribution in [3.05, 3.63) is 30.1 Å². The number of amides is 1. The second-order valence-corrected chi connectivity index (χ2v) is 4.35. The first-order valence-corrected chi connectivity index (χ1v) is 6.36. The van der Waals surface area contributed by atoms with Crippen molar-refractivity contribution >= 4 is 5.91 Å². The second kappa shape index (κ2) is 8.58. The van der Waals surface area contributed by atoms with Gasteiger partial charge >= 0.3 is 6.18 Å². The number of ether oxygens (including phenoxy) is 1. The molecule has 0 saturated heterocycles. The Hall–Kier alpha value is -1.67. The van der Waals surface area contributed by atoms with Gasteiger partial charge in [-0.2, -0.15) is 13.2 Å². The zero-order valence-corrected chi connectivity index (χ0v) is 11.7. The summed E-state index contributed by atoms with van der Waals surface area (Å²) in [4.78, 5) is 17.5. The largest absolute Gasteiger partial charge is 0.401 e. The number of alkyl halides is 3. The normalized spacial score (nSPS) is 11.4. The van der Waals surface area contributed by atoms with Crippen molar-refractivity contribution in [1.82, 2.24) is 15.2 Å². The summed E-state index contributed by atoms with van der Waals surface area (Å²) in [5.41, 5.74) is 0.665. The minimum atomic E-state index is -4.33. The number of hydrogen-bond acceptors (Lipinski definition) is 4. The number of hydrogen-bond donors (Lipinski definition) is 1. The molecule has 1 aromatic rings. The van der Waals surface area contributed by atoms with E-state index in [0.29, 0.717) is 18.8 Å². The van der Waals surface area contributed by atoms with Crippen molar-refractivity contribution in [1.29, 1.82) is 0 Å². The third kappa shape index (κ3) is 7.62. The van der Waals surface area contributed by atoms with Gasteiger partial charge in [0.15, 0.2) is 0 Å². The van der Waals surface area contributed by atoms with Crippen LogP contribution in [0.25, 0.3) is 0 Å². The highest BCUT2D eigenvalue weighted by atomic mass is 19.4. The Morgan fingerprint density at radius 1 is 1.43 bits per heavy atom. The van der Waals surface area contributed by atoms with Crippen LogP contribution in [0, 0.1) is 0 Å². The molecule has 118 valence electrons. The number of methoxy groups -OCH3 is 1. The molecule has 0 aromatic carbocycles. The fraction of sp³-hybridized carbons (Fsp3) is 0.538. The van der Waals surface area contributed by atoms with Crippen molar-refractivity contribution in [2.75, 3.05) is 33.4 Å². The van der Waals surface area contributed by atoms with Gasteiger partial charge in [0, 0.05) is 19.9 Å². The van der Waals surface area contributed by atoms with Crippen LogP contribution in [0.1, 0.15) is 5.69 Å². The molecule has 0 aliphatic rings. The second-order valence-electron chi connectivity index (χ2n) is 4.35. The Morgan fingerprint density at radius 3 is 2.76 bits per heavy atom. The summed E-state index contributed by atoms with van der Waals surface area (Å²) in [5, 5.41) is 2.09. The summed E-state index contributed by atoms with van der Waals surface area (Å²) >= 11 is 0. The molecule has 0 bridgehead atoms. The van der Waals surface area contributed by atoms with Gasteiger partial charge in [-0.15, -0.1) is 0 Å². The maximum Gasteiger partial charge on any atom is 0.401 e. The molecule has 5 nitrogen and oxygen atoms in total. The van der Waals surface area contributed by atoms with Crippen LogP contribution < -0.4 is 5.32 Å². The summed E-state index contributed by atoms with van der Waals surface area (Å²) in [6.45, 7) is -0.745. The van der Waals surface area contributed by atoms with E-state index in [1.54, 1.807) is 24.4 Å². The average Bonchev–Trinajstić information content (AvgIpc) is 2.43. The van der Waals surface area contributed by atoms with Gasteiger partial charge in [-0.25, -0.2) is 0 Å². The maximum absolute atomic E-state index is 12.0. The Labute approximate surface area is 121 Å². The quantitative estimate of drug-likeness (QED) is 0.784. The van der Waals surface area contributed by atoms with Crippen LogP contribution >= 0.6 is 0 Å². The van der Waals surface area contributed by atoms with Gasteiger partial charge < -0.3 is 15.0 Å². The van der Waals surface area contributed by atoms with Crippen LogP contribution in [0.2, 0.25) is 0 Å². The fourth-order valence-electron chi connectivity index (χ4n) is 1.60. The van der Waals surface area contributed by atoms with E-state index in [9.17, 15) is 18.0 Å². The zero-order valence-electron chi connectivity index (χ0n) is 11.7. The molecule has 0 aliphatic heterocycles. The Balaban J connectivity index is 2.53. The van der Waals surface area contributed by atoms with Crippen molar-refractivity contribution in [2.24, 2.45) is 0 Å². The first-order valence-electron chi connectivity index (χ1n) is 6.36. The van der Waals surface area contributed by atoms with Gasteiger partial charge in [-0.3, -0.25) is 9.78 Å². The van der Waals surface area contributed by atoms with Gasteiger partial charge in [-0.1, -0.05) is 6.07 Å². The Bertz CT molecular complexity index is 426. The predicted molar refractivity (Wildman–Crippen MR) is 70.5 cm³/mol.